The first-order valence-corrected chi connectivity index (χ1v) is 11.7. The number of aromatic nitrogens is 2. The zero-order chi connectivity index (χ0) is 23.4. The lowest BCUT2D eigenvalue weighted by molar-refractivity contribution is -0.119. The van der Waals surface area contributed by atoms with Crippen LogP contribution in [0.15, 0.2) is 30.5 Å². The standard InChI is InChI=1S/C24H33N7O2/c1-26-18-7-3-4-8-19(18)30(2)20-15-27-22(23(25)33)24(29-20)28-16-10-12-17(13-11-16)31-14-6-5-9-21(31)32/h10-13,15,18-19,26H,3-9,14H2,1-2H3,(H2,25,33)(H,28,29). The van der Waals surface area contributed by atoms with Gasteiger partial charge in [0.2, 0.25) is 5.91 Å². The number of rotatable bonds is 7. The predicted octanol–water partition coefficient (Wildman–Crippen LogP) is 2.80. The average molecular weight is 452 g/mol. The number of likely N-dealkylation sites (N-methyl/N-ethyl adjacent to an activating group) is 2. The Labute approximate surface area is 194 Å². The minimum absolute atomic E-state index is 0.0937. The third-order valence-electron chi connectivity index (χ3n) is 6.72. The fraction of sp³-hybridized carbons (Fsp3) is 0.500. The van der Waals surface area contributed by atoms with Gasteiger partial charge in [-0.3, -0.25) is 9.59 Å². The van der Waals surface area contributed by atoms with Crippen molar-refractivity contribution >= 4 is 34.8 Å². The van der Waals surface area contributed by atoms with Gasteiger partial charge < -0.3 is 26.2 Å². The first-order chi connectivity index (χ1) is 16.0. The number of nitrogens with zero attached hydrogens (tertiary/aromatic N) is 4. The molecular formula is C24H33N7O2. The Kier molecular flexibility index (Phi) is 7.08. The number of benzene rings is 1. The van der Waals surface area contributed by atoms with Gasteiger partial charge in [0.05, 0.1) is 6.20 Å². The Morgan fingerprint density at radius 3 is 2.61 bits per heavy atom. The quantitative estimate of drug-likeness (QED) is 0.593. The molecule has 1 aliphatic heterocycles. The molecule has 2 atom stereocenters. The van der Waals surface area contributed by atoms with Crippen LogP contribution < -0.4 is 26.2 Å². The minimum atomic E-state index is -0.638. The van der Waals surface area contributed by atoms with Gasteiger partial charge in [0.25, 0.3) is 5.91 Å². The third-order valence-corrected chi connectivity index (χ3v) is 6.72. The van der Waals surface area contributed by atoms with Gasteiger partial charge in [0, 0.05) is 43.5 Å². The molecule has 1 saturated heterocycles. The molecule has 33 heavy (non-hydrogen) atoms. The van der Waals surface area contributed by atoms with Crippen molar-refractivity contribution in [3.63, 3.8) is 0 Å². The molecule has 0 bridgehead atoms. The third kappa shape index (κ3) is 5.08. The van der Waals surface area contributed by atoms with Crippen molar-refractivity contribution in [1.82, 2.24) is 15.3 Å². The summed E-state index contributed by atoms with van der Waals surface area (Å²) in [5.41, 5.74) is 7.27. The Hall–Kier alpha value is -3.20. The number of anilines is 4. The molecule has 9 heteroatoms. The first-order valence-electron chi connectivity index (χ1n) is 11.7. The van der Waals surface area contributed by atoms with E-state index in [1.807, 2.05) is 43.3 Å². The number of carbonyl (C=O) groups excluding carboxylic acids is 2. The van der Waals surface area contributed by atoms with Gasteiger partial charge in [-0.25, -0.2) is 9.97 Å². The van der Waals surface area contributed by atoms with E-state index in [4.69, 9.17) is 10.7 Å². The molecule has 2 fully saturated rings. The molecule has 2 aliphatic rings. The van der Waals surface area contributed by atoms with Crippen LogP contribution in [0.4, 0.5) is 23.0 Å². The van der Waals surface area contributed by atoms with E-state index in [0.717, 1.165) is 43.6 Å². The highest BCUT2D eigenvalue weighted by molar-refractivity contribution is 5.97. The van der Waals surface area contributed by atoms with Gasteiger partial charge >= 0.3 is 0 Å². The first kappa shape index (κ1) is 23.0. The van der Waals surface area contributed by atoms with Crippen LogP contribution in [0.25, 0.3) is 0 Å². The second kappa shape index (κ2) is 10.2. The number of amides is 2. The SMILES string of the molecule is CNC1CCCCC1N(C)c1cnc(C(N)=O)c(Nc2ccc(N3CCCCC3=O)cc2)n1. The Morgan fingerprint density at radius 2 is 1.91 bits per heavy atom. The van der Waals surface area contributed by atoms with Crippen LogP contribution in [0.3, 0.4) is 0 Å². The zero-order valence-corrected chi connectivity index (χ0v) is 19.4. The number of hydrogen-bond acceptors (Lipinski definition) is 7. The highest BCUT2D eigenvalue weighted by atomic mass is 16.2. The second-order valence-electron chi connectivity index (χ2n) is 8.82. The molecule has 4 rings (SSSR count). The maximum atomic E-state index is 12.2. The Bertz CT molecular complexity index is 995. The molecule has 2 amide bonds. The second-order valence-corrected chi connectivity index (χ2v) is 8.82. The fourth-order valence-corrected chi connectivity index (χ4v) is 4.84. The molecule has 0 spiro atoms. The van der Waals surface area contributed by atoms with E-state index in [-0.39, 0.29) is 11.6 Å². The summed E-state index contributed by atoms with van der Waals surface area (Å²) in [6.07, 6.45) is 8.75. The maximum absolute atomic E-state index is 12.2. The van der Waals surface area contributed by atoms with Gasteiger partial charge in [-0.05, 0) is 57.0 Å². The van der Waals surface area contributed by atoms with Crippen LogP contribution in [0.5, 0.6) is 0 Å². The number of primary amides is 1. The number of hydrogen-bond donors (Lipinski definition) is 3. The van der Waals surface area contributed by atoms with Crippen LogP contribution in [0.1, 0.15) is 55.4 Å². The smallest absolute Gasteiger partial charge is 0.271 e. The highest BCUT2D eigenvalue weighted by Crippen LogP contribution is 2.28. The lowest BCUT2D eigenvalue weighted by Gasteiger charge is -2.38. The molecular weight excluding hydrogens is 418 g/mol. The summed E-state index contributed by atoms with van der Waals surface area (Å²) >= 11 is 0. The number of carbonyl (C=O) groups is 2. The fourth-order valence-electron chi connectivity index (χ4n) is 4.84. The van der Waals surface area contributed by atoms with Crippen LogP contribution in [-0.2, 0) is 4.79 Å². The Balaban J connectivity index is 1.56. The molecule has 1 aromatic heterocycles. The summed E-state index contributed by atoms with van der Waals surface area (Å²) in [7, 11) is 4.01. The van der Waals surface area contributed by atoms with Crippen molar-refractivity contribution < 1.29 is 9.59 Å². The Morgan fingerprint density at radius 1 is 1.15 bits per heavy atom. The number of piperidine rings is 1. The molecule has 2 unspecified atom stereocenters. The number of nitrogens with two attached hydrogens (primary N) is 1. The number of nitrogens with one attached hydrogen (secondary N) is 2. The van der Waals surface area contributed by atoms with E-state index < -0.39 is 5.91 Å². The topological polar surface area (TPSA) is 116 Å². The van der Waals surface area contributed by atoms with Gasteiger partial charge in [-0.1, -0.05) is 12.8 Å². The summed E-state index contributed by atoms with van der Waals surface area (Å²) in [4.78, 5) is 37.2. The van der Waals surface area contributed by atoms with Gasteiger partial charge in [-0.15, -0.1) is 0 Å². The molecule has 4 N–H and O–H groups in total. The van der Waals surface area contributed by atoms with Crippen molar-refractivity contribution in [3.05, 3.63) is 36.2 Å². The monoisotopic (exact) mass is 451 g/mol. The summed E-state index contributed by atoms with van der Waals surface area (Å²) in [6.45, 7) is 0.742. The van der Waals surface area contributed by atoms with Crippen LogP contribution >= 0.6 is 0 Å². The van der Waals surface area contributed by atoms with Crippen LogP contribution in [0.2, 0.25) is 0 Å². The van der Waals surface area contributed by atoms with E-state index in [1.165, 1.54) is 12.8 Å². The molecule has 2 heterocycles. The predicted molar refractivity (Wildman–Crippen MR) is 130 cm³/mol. The van der Waals surface area contributed by atoms with E-state index in [9.17, 15) is 9.59 Å². The summed E-state index contributed by atoms with van der Waals surface area (Å²) in [5, 5.41) is 6.61. The van der Waals surface area contributed by atoms with E-state index >= 15 is 0 Å². The van der Waals surface area contributed by atoms with Gasteiger partial charge in [0.15, 0.2) is 11.5 Å². The molecule has 9 nitrogen and oxygen atoms in total. The highest BCUT2D eigenvalue weighted by Gasteiger charge is 2.29. The van der Waals surface area contributed by atoms with Crippen LogP contribution in [0, 0.1) is 0 Å². The summed E-state index contributed by atoms with van der Waals surface area (Å²) < 4.78 is 0. The van der Waals surface area contributed by atoms with Crippen molar-refractivity contribution in [1.29, 1.82) is 0 Å². The van der Waals surface area contributed by atoms with Gasteiger partial charge in [-0.2, -0.15) is 0 Å². The van der Waals surface area contributed by atoms with Crippen molar-refractivity contribution in [2.24, 2.45) is 5.73 Å². The van der Waals surface area contributed by atoms with E-state index in [2.05, 4.69) is 20.5 Å². The van der Waals surface area contributed by atoms with Crippen molar-refractivity contribution in [3.8, 4) is 0 Å². The molecule has 2 aromatic rings. The summed E-state index contributed by atoms with van der Waals surface area (Å²) in [6, 6.07) is 8.22. The minimum Gasteiger partial charge on any atom is -0.364 e. The van der Waals surface area contributed by atoms with E-state index in [0.29, 0.717) is 30.1 Å². The lowest BCUT2D eigenvalue weighted by Crippen LogP contribution is -2.49. The van der Waals surface area contributed by atoms with Gasteiger partial charge in [0.1, 0.15) is 5.82 Å². The maximum Gasteiger partial charge on any atom is 0.271 e. The lowest BCUT2D eigenvalue weighted by atomic mass is 9.89. The molecule has 1 aromatic carbocycles. The normalized spacial score (nSPS) is 21.0. The largest absolute Gasteiger partial charge is 0.364 e. The molecule has 176 valence electrons. The zero-order valence-electron chi connectivity index (χ0n) is 19.4. The van der Waals surface area contributed by atoms with Crippen LogP contribution in [-0.4, -0.2) is 54.5 Å². The molecule has 0 radical (unpaired) electrons. The summed E-state index contributed by atoms with van der Waals surface area (Å²) in [5.74, 6) is 0.526. The van der Waals surface area contributed by atoms with Crippen molar-refractivity contribution in [2.75, 3.05) is 35.8 Å². The van der Waals surface area contributed by atoms with E-state index in [1.54, 1.807) is 6.20 Å². The molecule has 1 aliphatic carbocycles. The average Bonchev–Trinajstić information content (AvgIpc) is 2.84. The van der Waals surface area contributed by atoms with Crippen molar-refractivity contribution in [2.45, 2.75) is 57.0 Å². The molecule has 1 saturated carbocycles.